The fourth-order valence-corrected chi connectivity index (χ4v) is 2.25. The van der Waals surface area contributed by atoms with Gasteiger partial charge in [0, 0.05) is 13.6 Å². The summed E-state index contributed by atoms with van der Waals surface area (Å²) in [4.78, 5) is 14.3. The molecule has 0 amide bonds. The van der Waals surface area contributed by atoms with Crippen molar-refractivity contribution in [2.24, 2.45) is 0 Å². The van der Waals surface area contributed by atoms with Crippen molar-refractivity contribution in [2.75, 3.05) is 18.3 Å². The molecule has 1 aromatic heterocycles. The molecule has 1 aromatic rings. The van der Waals surface area contributed by atoms with E-state index in [1.807, 2.05) is 6.92 Å². The van der Waals surface area contributed by atoms with Gasteiger partial charge in [-0.3, -0.25) is 4.72 Å². The number of carboxylic acids is 1. The molecule has 1 rings (SSSR count). The summed E-state index contributed by atoms with van der Waals surface area (Å²) < 4.78 is 27.3. The second kappa shape index (κ2) is 6.48. The fourth-order valence-electron chi connectivity index (χ4n) is 1.31. The monoisotopic (exact) mass is 287 g/mol. The van der Waals surface area contributed by atoms with E-state index in [9.17, 15) is 13.2 Å². The Morgan fingerprint density at radius 1 is 1.47 bits per heavy atom. The zero-order chi connectivity index (χ0) is 14.5. The Bertz CT molecular complexity index is 527. The number of unbranched alkanes of at least 4 members (excludes halogenated alkanes) is 1. The highest BCUT2D eigenvalue weighted by Gasteiger charge is 2.17. The largest absolute Gasteiger partial charge is 0.477 e. The van der Waals surface area contributed by atoms with Crippen LogP contribution in [0, 0.1) is 0 Å². The van der Waals surface area contributed by atoms with Crippen molar-refractivity contribution >= 4 is 21.9 Å². The van der Waals surface area contributed by atoms with Crippen LogP contribution in [0.3, 0.4) is 0 Å². The van der Waals surface area contributed by atoms with E-state index in [-0.39, 0.29) is 11.4 Å². The van der Waals surface area contributed by atoms with Crippen LogP contribution in [0.25, 0.3) is 0 Å². The summed E-state index contributed by atoms with van der Waals surface area (Å²) in [5.41, 5.74) is 0.0932. The minimum atomic E-state index is -3.62. The Morgan fingerprint density at radius 2 is 2.16 bits per heavy atom. The molecule has 0 aromatic carbocycles. The molecule has 0 saturated heterocycles. The van der Waals surface area contributed by atoms with E-state index in [2.05, 4.69) is 9.71 Å². The highest BCUT2D eigenvalue weighted by Crippen LogP contribution is 2.10. The first-order chi connectivity index (χ1) is 8.86. The third kappa shape index (κ3) is 4.49. The summed E-state index contributed by atoms with van der Waals surface area (Å²) in [5, 5.41) is 8.68. The predicted molar refractivity (Wildman–Crippen MR) is 71.3 cm³/mol. The first-order valence-corrected chi connectivity index (χ1v) is 7.24. The molecule has 0 aliphatic carbocycles. The maximum Gasteiger partial charge on any atom is 0.354 e. The molecular weight excluding hydrogens is 270 g/mol. The van der Waals surface area contributed by atoms with Crippen LogP contribution in [0.5, 0.6) is 0 Å². The number of hydrogen-bond acceptors (Lipinski definition) is 4. The van der Waals surface area contributed by atoms with Crippen LogP contribution in [0.15, 0.2) is 18.3 Å². The van der Waals surface area contributed by atoms with Crippen molar-refractivity contribution in [3.05, 3.63) is 24.0 Å². The fraction of sp³-hybridized carbons (Fsp3) is 0.455. The first-order valence-electron chi connectivity index (χ1n) is 5.80. The number of carbonyl (C=O) groups is 1. The molecule has 19 heavy (non-hydrogen) atoms. The molecule has 0 bridgehead atoms. The number of aromatic nitrogens is 1. The molecule has 0 aliphatic rings. The molecule has 0 atom stereocenters. The van der Waals surface area contributed by atoms with Crippen LogP contribution < -0.4 is 4.72 Å². The standard InChI is InChI=1S/C11H17N3O4S/c1-3-4-7-14(2)19(17,18)13-9-5-6-10(11(15)16)12-8-9/h5-6,8,13H,3-4,7H2,1-2H3,(H,15,16). The smallest absolute Gasteiger partial charge is 0.354 e. The van der Waals surface area contributed by atoms with E-state index in [1.165, 1.54) is 29.7 Å². The quantitative estimate of drug-likeness (QED) is 0.784. The second-order valence-corrected chi connectivity index (χ2v) is 5.80. The summed E-state index contributed by atoms with van der Waals surface area (Å²) in [6, 6.07) is 2.61. The highest BCUT2D eigenvalue weighted by atomic mass is 32.2. The van der Waals surface area contributed by atoms with Gasteiger partial charge in [0.2, 0.25) is 0 Å². The summed E-state index contributed by atoms with van der Waals surface area (Å²) in [7, 11) is -2.14. The molecule has 0 unspecified atom stereocenters. The van der Waals surface area contributed by atoms with Gasteiger partial charge in [0.25, 0.3) is 0 Å². The Kier molecular flexibility index (Phi) is 5.25. The topological polar surface area (TPSA) is 99.6 Å². The third-order valence-corrected chi connectivity index (χ3v) is 3.96. The number of pyridine rings is 1. The molecule has 8 heteroatoms. The van der Waals surface area contributed by atoms with Crippen LogP contribution in [0.2, 0.25) is 0 Å². The molecule has 0 aliphatic heterocycles. The van der Waals surface area contributed by atoms with Gasteiger partial charge in [0.05, 0.1) is 11.9 Å². The van der Waals surface area contributed by atoms with Gasteiger partial charge in [0.15, 0.2) is 0 Å². The van der Waals surface area contributed by atoms with Gasteiger partial charge in [-0.15, -0.1) is 0 Å². The Hall–Kier alpha value is -1.67. The van der Waals surface area contributed by atoms with Crippen molar-refractivity contribution in [3.63, 3.8) is 0 Å². The number of carboxylic acid groups (broad SMARTS) is 1. The van der Waals surface area contributed by atoms with Gasteiger partial charge in [-0.2, -0.15) is 12.7 Å². The van der Waals surface area contributed by atoms with Gasteiger partial charge in [-0.1, -0.05) is 13.3 Å². The summed E-state index contributed by atoms with van der Waals surface area (Å²) in [5.74, 6) is -1.16. The summed E-state index contributed by atoms with van der Waals surface area (Å²) in [6.45, 7) is 2.40. The molecule has 0 fully saturated rings. The van der Waals surface area contributed by atoms with Gasteiger partial charge in [-0.05, 0) is 18.6 Å². The number of nitrogens with one attached hydrogen (secondary N) is 1. The van der Waals surface area contributed by atoms with Gasteiger partial charge in [0.1, 0.15) is 5.69 Å². The van der Waals surface area contributed by atoms with E-state index in [1.54, 1.807) is 0 Å². The van der Waals surface area contributed by atoms with Gasteiger partial charge < -0.3 is 5.11 Å². The zero-order valence-electron chi connectivity index (χ0n) is 10.8. The van der Waals surface area contributed by atoms with Crippen LogP contribution in [0.4, 0.5) is 5.69 Å². The van der Waals surface area contributed by atoms with Crippen molar-refractivity contribution in [2.45, 2.75) is 19.8 Å². The third-order valence-electron chi connectivity index (χ3n) is 2.47. The Labute approximate surface area is 112 Å². The minimum absolute atomic E-state index is 0.137. The van der Waals surface area contributed by atoms with Crippen LogP contribution in [-0.2, 0) is 10.2 Å². The molecule has 0 saturated carbocycles. The first kappa shape index (κ1) is 15.4. The van der Waals surface area contributed by atoms with Gasteiger partial charge in [-0.25, -0.2) is 9.78 Å². The van der Waals surface area contributed by atoms with E-state index in [0.29, 0.717) is 6.54 Å². The number of nitrogens with zero attached hydrogens (tertiary/aromatic N) is 2. The maximum absolute atomic E-state index is 11.9. The molecule has 7 nitrogen and oxygen atoms in total. The average Bonchev–Trinajstić information content (AvgIpc) is 2.36. The number of rotatable bonds is 7. The second-order valence-electron chi connectivity index (χ2n) is 4.02. The average molecular weight is 287 g/mol. The summed E-state index contributed by atoms with van der Waals surface area (Å²) >= 11 is 0. The molecule has 106 valence electrons. The van der Waals surface area contributed by atoms with Crippen LogP contribution in [0.1, 0.15) is 30.3 Å². The van der Waals surface area contributed by atoms with E-state index in [0.717, 1.165) is 12.8 Å². The van der Waals surface area contributed by atoms with Gasteiger partial charge >= 0.3 is 16.2 Å². The lowest BCUT2D eigenvalue weighted by Crippen LogP contribution is -2.33. The molecule has 2 N–H and O–H groups in total. The van der Waals surface area contributed by atoms with Crippen molar-refractivity contribution in [1.29, 1.82) is 0 Å². The summed E-state index contributed by atoms with van der Waals surface area (Å²) in [6.07, 6.45) is 2.84. The van der Waals surface area contributed by atoms with E-state index >= 15 is 0 Å². The normalized spacial score (nSPS) is 11.5. The predicted octanol–water partition coefficient (Wildman–Crippen LogP) is 1.17. The van der Waals surface area contributed by atoms with Crippen molar-refractivity contribution in [1.82, 2.24) is 9.29 Å². The highest BCUT2D eigenvalue weighted by molar-refractivity contribution is 7.90. The Balaban J connectivity index is 2.75. The number of anilines is 1. The maximum atomic E-state index is 11.9. The number of hydrogen-bond donors (Lipinski definition) is 2. The molecule has 1 heterocycles. The minimum Gasteiger partial charge on any atom is -0.477 e. The number of aromatic carboxylic acids is 1. The lowest BCUT2D eigenvalue weighted by molar-refractivity contribution is 0.0690. The molecule has 0 radical (unpaired) electrons. The van der Waals surface area contributed by atoms with Crippen LogP contribution in [-0.4, -0.2) is 42.4 Å². The zero-order valence-corrected chi connectivity index (χ0v) is 11.6. The van der Waals surface area contributed by atoms with Crippen molar-refractivity contribution < 1.29 is 18.3 Å². The van der Waals surface area contributed by atoms with E-state index in [4.69, 9.17) is 5.11 Å². The van der Waals surface area contributed by atoms with Crippen LogP contribution >= 0.6 is 0 Å². The Morgan fingerprint density at radius 3 is 2.63 bits per heavy atom. The SMILES string of the molecule is CCCCN(C)S(=O)(=O)Nc1ccc(C(=O)O)nc1. The lowest BCUT2D eigenvalue weighted by atomic mass is 10.3. The molecule has 0 spiro atoms. The van der Waals surface area contributed by atoms with E-state index < -0.39 is 16.2 Å². The lowest BCUT2D eigenvalue weighted by Gasteiger charge is -2.17. The molecular formula is C11H17N3O4S. The van der Waals surface area contributed by atoms with Crippen molar-refractivity contribution in [3.8, 4) is 0 Å².